The molecule has 0 aromatic carbocycles. The molecule has 0 aliphatic heterocycles. The molecule has 244 valence electrons. The van der Waals surface area contributed by atoms with E-state index in [1.54, 1.807) is 17.8 Å². The summed E-state index contributed by atoms with van der Waals surface area (Å²) in [5.74, 6) is 3.50. The van der Waals surface area contributed by atoms with Crippen LogP contribution in [0.2, 0.25) is 42.9 Å². The van der Waals surface area contributed by atoms with Crippen LogP contribution in [0.15, 0.2) is 0 Å². The standard InChI is InChI=1S/C34H74O3Si2.H2S/c1-11-33(7)19-27-38(9,28-20-34(8)18-16-17-31(3)4)30-39(10,29-32(5)6)26-15-13-14-21-36-24-25-37-23-22-35-12-2;/h31-34H,11-30H2,1-10H3;1H2. The van der Waals surface area contributed by atoms with Gasteiger partial charge in [0, 0.05) is 29.4 Å². The lowest BCUT2D eigenvalue weighted by atomic mass is 9.98. The highest BCUT2D eigenvalue weighted by Crippen LogP contribution is 2.38. The van der Waals surface area contributed by atoms with Crippen LogP contribution in [0.25, 0.3) is 0 Å². The number of hydrogen-bond donors (Lipinski definition) is 0. The van der Waals surface area contributed by atoms with Gasteiger partial charge in [-0.05, 0) is 37.0 Å². The second kappa shape index (κ2) is 26.1. The van der Waals surface area contributed by atoms with Crippen LogP contribution >= 0.6 is 13.5 Å². The summed E-state index contributed by atoms with van der Waals surface area (Å²) in [5.41, 5.74) is 1.67. The molecule has 0 saturated heterocycles. The Morgan fingerprint density at radius 2 is 1.10 bits per heavy atom. The Morgan fingerprint density at radius 1 is 0.525 bits per heavy atom. The van der Waals surface area contributed by atoms with Crippen LogP contribution in [0, 0.1) is 23.7 Å². The second-order valence-corrected chi connectivity index (χ2v) is 25.2. The van der Waals surface area contributed by atoms with Gasteiger partial charge in [-0.3, -0.25) is 0 Å². The van der Waals surface area contributed by atoms with Crippen LogP contribution in [0.1, 0.15) is 113 Å². The first-order valence-electron chi connectivity index (χ1n) is 17.2. The van der Waals surface area contributed by atoms with Gasteiger partial charge >= 0.3 is 0 Å². The Hall–Kier alpha value is 0.664. The van der Waals surface area contributed by atoms with Crippen molar-refractivity contribution in [3.63, 3.8) is 0 Å². The third-order valence-electron chi connectivity index (χ3n) is 8.93. The maximum atomic E-state index is 5.83. The monoisotopic (exact) mass is 621 g/mol. The number of rotatable bonds is 28. The van der Waals surface area contributed by atoms with E-state index in [1.165, 1.54) is 69.9 Å². The number of hydrogen-bond acceptors (Lipinski definition) is 3. The predicted octanol–water partition coefficient (Wildman–Crippen LogP) is 11.0. The van der Waals surface area contributed by atoms with Crippen LogP contribution in [0.3, 0.4) is 0 Å². The molecule has 0 aliphatic carbocycles. The molecule has 4 unspecified atom stereocenters. The fourth-order valence-electron chi connectivity index (χ4n) is 6.51. The first-order chi connectivity index (χ1) is 18.4. The van der Waals surface area contributed by atoms with E-state index >= 15 is 0 Å². The van der Waals surface area contributed by atoms with Crippen molar-refractivity contribution in [2.45, 2.75) is 156 Å². The summed E-state index contributed by atoms with van der Waals surface area (Å²) < 4.78 is 16.7. The van der Waals surface area contributed by atoms with Crippen molar-refractivity contribution >= 4 is 29.6 Å². The lowest BCUT2D eigenvalue weighted by Gasteiger charge is -2.40. The van der Waals surface area contributed by atoms with E-state index < -0.39 is 16.1 Å². The Morgan fingerprint density at radius 3 is 1.65 bits per heavy atom. The zero-order valence-electron chi connectivity index (χ0n) is 29.2. The van der Waals surface area contributed by atoms with Crippen LogP contribution in [0.5, 0.6) is 0 Å². The molecule has 0 rings (SSSR count). The fourth-order valence-corrected chi connectivity index (χ4v) is 23.4. The summed E-state index contributed by atoms with van der Waals surface area (Å²) in [5, 5.41) is 0. The molecule has 0 amide bonds. The first kappa shape index (κ1) is 42.8. The van der Waals surface area contributed by atoms with Crippen molar-refractivity contribution in [3.05, 3.63) is 0 Å². The van der Waals surface area contributed by atoms with Crippen LogP contribution in [-0.2, 0) is 14.2 Å². The van der Waals surface area contributed by atoms with E-state index in [9.17, 15) is 0 Å². The van der Waals surface area contributed by atoms with Gasteiger partial charge < -0.3 is 14.2 Å². The summed E-state index contributed by atoms with van der Waals surface area (Å²) in [7, 11) is -2.49. The molecule has 0 spiro atoms. The van der Waals surface area contributed by atoms with E-state index in [4.69, 9.17) is 14.2 Å². The third-order valence-corrected chi connectivity index (χ3v) is 22.1. The summed E-state index contributed by atoms with van der Waals surface area (Å²) in [6.07, 6.45) is 12.5. The summed E-state index contributed by atoms with van der Waals surface area (Å²) in [6.45, 7) is 29.2. The molecule has 0 heterocycles. The van der Waals surface area contributed by atoms with Gasteiger partial charge in [0.25, 0.3) is 0 Å². The van der Waals surface area contributed by atoms with Crippen molar-refractivity contribution in [1.29, 1.82) is 0 Å². The van der Waals surface area contributed by atoms with Gasteiger partial charge in [0.15, 0.2) is 0 Å². The molecule has 0 aliphatic rings. The summed E-state index contributed by atoms with van der Waals surface area (Å²) in [4.78, 5) is 0. The van der Waals surface area contributed by atoms with Gasteiger partial charge in [-0.15, -0.1) is 0 Å². The zero-order valence-corrected chi connectivity index (χ0v) is 32.2. The second-order valence-electron chi connectivity index (χ2n) is 14.6. The minimum absolute atomic E-state index is 0. The smallest absolute Gasteiger partial charge is 0.0701 e. The van der Waals surface area contributed by atoms with E-state index in [-0.39, 0.29) is 13.5 Å². The molecule has 6 heteroatoms. The average molecular weight is 621 g/mol. The average Bonchev–Trinajstić information content (AvgIpc) is 2.86. The summed E-state index contributed by atoms with van der Waals surface area (Å²) in [6, 6.07) is 6.20. The zero-order chi connectivity index (χ0) is 29.6. The van der Waals surface area contributed by atoms with Crippen molar-refractivity contribution in [2.75, 3.05) is 39.6 Å². The van der Waals surface area contributed by atoms with Gasteiger partial charge in [-0.2, -0.15) is 13.5 Å². The largest absolute Gasteiger partial charge is 0.379 e. The van der Waals surface area contributed by atoms with Gasteiger partial charge in [0.05, 0.1) is 26.4 Å². The molecule has 0 aromatic rings. The normalized spacial score (nSPS) is 16.5. The van der Waals surface area contributed by atoms with E-state index in [1.807, 2.05) is 6.92 Å². The SMILES string of the molecule is CCOCCOCCOCCCCC[Si](C)(CC(C)C)C[Si](C)(CCC(C)CC)CCC(C)CCCC(C)C.S. The van der Waals surface area contributed by atoms with Crippen molar-refractivity contribution < 1.29 is 14.2 Å². The molecule has 0 radical (unpaired) electrons. The van der Waals surface area contributed by atoms with Crippen LogP contribution in [0.4, 0.5) is 0 Å². The maximum absolute atomic E-state index is 5.83. The number of ether oxygens (including phenoxy) is 3. The van der Waals surface area contributed by atoms with Crippen molar-refractivity contribution in [2.24, 2.45) is 23.7 Å². The molecule has 0 fully saturated rings. The van der Waals surface area contributed by atoms with Gasteiger partial charge in [-0.1, -0.05) is 143 Å². The lowest BCUT2D eigenvalue weighted by molar-refractivity contribution is 0.0163. The summed E-state index contributed by atoms with van der Waals surface area (Å²) >= 11 is 0. The molecular weight excluding hydrogens is 545 g/mol. The van der Waals surface area contributed by atoms with Crippen molar-refractivity contribution in [3.8, 4) is 0 Å². The van der Waals surface area contributed by atoms with Gasteiger partial charge in [0.2, 0.25) is 0 Å². The first-order valence-corrected chi connectivity index (χ1v) is 23.4. The predicted molar refractivity (Wildman–Crippen MR) is 191 cm³/mol. The Bertz CT molecular complexity index is 551. The minimum atomic E-state index is -1.25. The topological polar surface area (TPSA) is 27.7 Å². The highest BCUT2D eigenvalue weighted by molar-refractivity contribution is 7.59. The highest BCUT2D eigenvalue weighted by Gasteiger charge is 2.38. The van der Waals surface area contributed by atoms with E-state index in [0.717, 1.165) is 36.9 Å². The molecule has 40 heavy (non-hydrogen) atoms. The minimum Gasteiger partial charge on any atom is -0.379 e. The Balaban J connectivity index is 0. The highest BCUT2D eigenvalue weighted by atomic mass is 32.1. The third kappa shape index (κ3) is 25.2. The molecule has 0 saturated carbocycles. The number of unbranched alkanes of at least 4 members (excludes halogenated alkanes) is 2. The molecule has 3 nitrogen and oxygen atoms in total. The van der Waals surface area contributed by atoms with Crippen molar-refractivity contribution in [1.82, 2.24) is 0 Å². The lowest BCUT2D eigenvalue weighted by Crippen LogP contribution is -2.44. The van der Waals surface area contributed by atoms with Gasteiger partial charge in [-0.25, -0.2) is 0 Å². The molecule has 0 bridgehead atoms. The molecule has 4 atom stereocenters. The van der Waals surface area contributed by atoms with Gasteiger partial charge in [0.1, 0.15) is 0 Å². The van der Waals surface area contributed by atoms with Crippen LogP contribution in [-0.4, -0.2) is 55.8 Å². The van der Waals surface area contributed by atoms with E-state index in [0.29, 0.717) is 26.4 Å². The molecular formula is C34H76O3SSi2. The fraction of sp³-hybridized carbons (Fsp3) is 1.00. The quantitative estimate of drug-likeness (QED) is 0.0643. The molecule has 0 aromatic heterocycles. The maximum Gasteiger partial charge on any atom is 0.0701 e. The van der Waals surface area contributed by atoms with E-state index in [2.05, 4.69) is 61.6 Å². The Labute approximate surface area is 262 Å². The van der Waals surface area contributed by atoms with Crippen LogP contribution < -0.4 is 0 Å². The Kier molecular flexibility index (Phi) is 27.9. The molecule has 0 N–H and O–H groups in total.